The molecule has 1 heterocycles. The van der Waals surface area contributed by atoms with E-state index in [1.165, 1.54) is 12.1 Å². The Kier molecular flexibility index (Phi) is 8.89. The van der Waals surface area contributed by atoms with Gasteiger partial charge in [-0.3, -0.25) is 4.99 Å². The molecule has 0 fully saturated rings. The Morgan fingerprint density at radius 1 is 1.13 bits per heavy atom. The van der Waals surface area contributed by atoms with Gasteiger partial charge in [0.2, 0.25) is 6.79 Å². The molecule has 0 unspecified atom stereocenters. The fourth-order valence-corrected chi connectivity index (χ4v) is 2.92. The molecule has 2 aromatic carbocycles. The lowest BCUT2D eigenvalue weighted by Gasteiger charge is -2.16. The first-order valence-electron chi connectivity index (χ1n) is 9.15. The van der Waals surface area contributed by atoms with E-state index in [-0.39, 0.29) is 48.9 Å². The van der Waals surface area contributed by atoms with Crippen molar-refractivity contribution in [1.29, 1.82) is 0 Å². The zero-order valence-electron chi connectivity index (χ0n) is 17.2. The fraction of sp³-hybridized carbons (Fsp3) is 0.350. The van der Waals surface area contributed by atoms with Gasteiger partial charge in [0.05, 0.1) is 5.69 Å². The van der Waals surface area contributed by atoms with Crippen molar-refractivity contribution in [2.75, 3.05) is 32.8 Å². The normalized spacial score (nSPS) is 12.4. The van der Waals surface area contributed by atoms with Crippen LogP contribution in [0.1, 0.15) is 11.1 Å². The summed E-state index contributed by atoms with van der Waals surface area (Å²) in [7, 11) is 5.11. The monoisotopic (exact) mass is 552 g/mol. The third-order valence-corrected chi connectivity index (χ3v) is 4.40. The molecule has 0 spiro atoms. The van der Waals surface area contributed by atoms with Gasteiger partial charge in [-0.1, -0.05) is 6.07 Å². The molecule has 2 aromatic rings. The van der Waals surface area contributed by atoms with Crippen LogP contribution in [-0.2, 0) is 13.1 Å². The standard InChI is InChI=1S/C20H23F3N4O3.HI/c1-24-20(25-9-12-4-5-15(27(2)3)14(21)6-12)26-10-13-7-17-18(29-11-28-17)8-16(13)30-19(22)23;/h4-8,19H,9-11H2,1-3H3,(H2,24,25,26);1H. The summed E-state index contributed by atoms with van der Waals surface area (Å²) in [5.74, 6) is 0.871. The van der Waals surface area contributed by atoms with Gasteiger partial charge in [0.25, 0.3) is 0 Å². The number of benzene rings is 2. The highest BCUT2D eigenvalue weighted by molar-refractivity contribution is 14.0. The average Bonchev–Trinajstić information content (AvgIpc) is 3.14. The van der Waals surface area contributed by atoms with Crippen molar-refractivity contribution in [1.82, 2.24) is 10.6 Å². The van der Waals surface area contributed by atoms with Gasteiger partial charge in [-0.2, -0.15) is 8.78 Å². The number of aliphatic imine (C=N–C) groups is 1. The predicted molar refractivity (Wildman–Crippen MR) is 122 cm³/mol. The first-order chi connectivity index (χ1) is 14.4. The number of ether oxygens (including phenoxy) is 3. The number of halogens is 4. The lowest BCUT2D eigenvalue weighted by atomic mass is 10.1. The fourth-order valence-electron chi connectivity index (χ4n) is 2.92. The maximum absolute atomic E-state index is 14.1. The Labute approximate surface area is 195 Å². The molecule has 0 saturated carbocycles. The molecule has 7 nitrogen and oxygen atoms in total. The number of anilines is 1. The van der Waals surface area contributed by atoms with Crippen LogP contribution in [-0.4, -0.2) is 40.5 Å². The molecule has 1 aliphatic rings. The van der Waals surface area contributed by atoms with Gasteiger partial charge in [-0.25, -0.2) is 4.39 Å². The van der Waals surface area contributed by atoms with E-state index in [1.54, 1.807) is 38.2 Å². The van der Waals surface area contributed by atoms with Crippen molar-refractivity contribution < 1.29 is 27.4 Å². The van der Waals surface area contributed by atoms with Gasteiger partial charge in [0, 0.05) is 45.9 Å². The van der Waals surface area contributed by atoms with E-state index < -0.39 is 6.61 Å². The van der Waals surface area contributed by atoms with Crippen molar-refractivity contribution in [3.63, 3.8) is 0 Å². The highest BCUT2D eigenvalue weighted by atomic mass is 127. The maximum atomic E-state index is 14.1. The highest BCUT2D eigenvalue weighted by Gasteiger charge is 2.20. The molecule has 2 N–H and O–H groups in total. The average molecular weight is 552 g/mol. The summed E-state index contributed by atoms with van der Waals surface area (Å²) in [5.41, 5.74) is 1.67. The molecule has 11 heteroatoms. The van der Waals surface area contributed by atoms with Crippen LogP contribution in [0.15, 0.2) is 35.3 Å². The molecule has 0 aromatic heterocycles. The van der Waals surface area contributed by atoms with Crippen molar-refractivity contribution in [3.8, 4) is 17.2 Å². The van der Waals surface area contributed by atoms with E-state index >= 15 is 0 Å². The van der Waals surface area contributed by atoms with Gasteiger partial charge in [-0.05, 0) is 23.8 Å². The van der Waals surface area contributed by atoms with Gasteiger partial charge in [0.1, 0.15) is 11.6 Å². The minimum absolute atomic E-state index is 0. The molecule has 0 atom stereocenters. The quantitative estimate of drug-likeness (QED) is 0.311. The summed E-state index contributed by atoms with van der Waals surface area (Å²) < 4.78 is 54.7. The first kappa shape index (κ1) is 24.7. The minimum atomic E-state index is -2.97. The van der Waals surface area contributed by atoms with Crippen LogP contribution in [0.4, 0.5) is 18.9 Å². The number of guanidine groups is 1. The Morgan fingerprint density at radius 3 is 2.42 bits per heavy atom. The molecule has 0 radical (unpaired) electrons. The highest BCUT2D eigenvalue weighted by Crippen LogP contribution is 2.38. The molecule has 0 aliphatic carbocycles. The van der Waals surface area contributed by atoms with Crippen molar-refractivity contribution in [3.05, 3.63) is 47.3 Å². The summed E-state index contributed by atoms with van der Waals surface area (Å²) in [6, 6.07) is 7.91. The van der Waals surface area contributed by atoms with Gasteiger partial charge in [-0.15, -0.1) is 24.0 Å². The lowest BCUT2D eigenvalue weighted by Crippen LogP contribution is -2.36. The second-order valence-electron chi connectivity index (χ2n) is 6.65. The Balaban J connectivity index is 0.00000341. The molecule has 1 aliphatic heterocycles. The number of hydrogen-bond donors (Lipinski definition) is 2. The van der Waals surface area contributed by atoms with Crippen LogP contribution in [0, 0.1) is 5.82 Å². The molecule has 0 bridgehead atoms. The molecule has 3 rings (SSSR count). The largest absolute Gasteiger partial charge is 0.454 e. The number of nitrogens with zero attached hydrogens (tertiary/aromatic N) is 2. The summed E-state index contributed by atoms with van der Waals surface area (Å²) in [6.07, 6.45) is 0. The van der Waals surface area contributed by atoms with Gasteiger partial charge >= 0.3 is 6.61 Å². The molecule has 31 heavy (non-hydrogen) atoms. The first-order valence-corrected chi connectivity index (χ1v) is 9.15. The Hall–Kier alpha value is -2.57. The Morgan fingerprint density at radius 2 is 1.81 bits per heavy atom. The zero-order valence-corrected chi connectivity index (χ0v) is 19.6. The van der Waals surface area contributed by atoms with Crippen LogP contribution < -0.4 is 29.7 Å². The van der Waals surface area contributed by atoms with Crippen LogP contribution in [0.25, 0.3) is 0 Å². The summed E-state index contributed by atoms with van der Waals surface area (Å²) in [4.78, 5) is 5.79. The van der Waals surface area contributed by atoms with E-state index in [2.05, 4.69) is 20.4 Å². The van der Waals surface area contributed by atoms with Gasteiger partial charge in [0.15, 0.2) is 17.5 Å². The van der Waals surface area contributed by atoms with Gasteiger partial charge < -0.3 is 29.7 Å². The smallest absolute Gasteiger partial charge is 0.387 e. The third kappa shape index (κ3) is 6.45. The van der Waals surface area contributed by atoms with E-state index in [1.807, 2.05) is 6.07 Å². The van der Waals surface area contributed by atoms with E-state index in [4.69, 9.17) is 9.47 Å². The lowest BCUT2D eigenvalue weighted by molar-refractivity contribution is -0.0505. The topological polar surface area (TPSA) is 67.4 Å². The van der Waals surface area contributed by atoms with Crippen LogP contribution in [0.5, 0.6) is 17.2 Å². The van der Waals surface area contributed by atoms with Crippen molar-refractivity contribution >= 4 is 35.6 Å². The van der Waals surface area contributed by atoms with Crippen LogP contribution in [0.3, 0.4) is 0 Å². The molecule has 0 saturated heterocycles. The summed E-state index contributed by atoms with van der Waals surface area (Å²) in [5, 5.41) is 6.08. The number of alkyl halides is 2. The summed E-state index contributed by atoms with van der Waals surface area (Å²) >= 11 is 0. The van der Waals surface area contributed by atoms with E-state index in [9.17, 15) is 13.2 Å². The van der Waals surface area contributed by atoms with Crippen molar-refractivity contribution in [2.45, 2.75) is 19.7 Å². The zero-order chi connectivity index (χ0) is 21.7. The molecule has 170 valence electrons. The second kappa shape index (κ2) is 11.2. The number of nitrogens with one attached hydrogen (secondary N) is 2. The maximum Gasteiger partial charge on any atom is 0.387 e. The summed E-state index contributed by atoms with van der Waals surface area (Å²) in [6.45, 7) is -2.48. The minimum Gasteiger partial charge on any atom is -0.454 e. The number of hydrogen-bond acceptors (Lipinski definition) is 5. The molecular formula is C20H24F3IN4O3. The number of fused-ring (bicyclic) bond motifs is 1. The molecular weight excluding hydrogens is 528 g/mol. The third-order valence-electron chi connectivity index (χ3n) is 4.40. The SMILES string of the molecule is CN=C(NCc1ccc(N(C)C)c(F)c1)NCc1cc2c(cc1OC(F)F)OCO2.I. The van der Waals surface area contributed by atoms with Crippen molar-refractivity contribution in [2.24, 2.45) is 4.99 Å². The van der Waals surface area contributed by atoms with E-state index in [0.717, 1.165) is 5.56 Å². The van der Waals surface area contributed by atoms with E-state index in [0.29, 0.717) is 35.3 Å². The Bertz CT molecular complexity index is 929. The number of rotatable bonds is 7. The van der Waals surface area contributed by atoms with Crippen LogP contribution in [0.2, 0.25) is 0 Å². The van der Waals surface area contributed by atoms with Crippen LogP contribution >= 0.6 is 24.0 Å². The molecule has 0 amide bonds. The second-order valence-corrected chi connectivity index (χ2v) is 6.65. The predicted octanol–water partition coefficient (Wildman–Crippen LogP) is 3.71.